The van der Waals surface area contributed by atoms with Crippen molar-refractivity contribution in [3.05, 3.63) is 59.2 Å². The van der Waals surface area contributed by atoms with Gasteiger partial charge in [0.25, 0.3) is 0 Å². The number of fused-ring (bicyclic) bond motifs is 1. The number of hydrogen-bond acceptors (Lipinski definition) is 3. The van der Waals surface area contributed by atoms with Crippen LogP contribution in [0.15, 0.2) is 48.7 Å². The first-order valence-electron chi connectivity index (χ1n) is 6.49. The first kappa shape index (κ1) is 13.0. The fourth-order valence-corrected chi connectivity index (χ4v) is 2.50. The van der Waals surface area contributed by atoms with Gasteiger partial charge in [-0.1, -0.05) is 29.8 Å². The van der Waals surface area contributed by atoms with Gasteiger partial charge >= 0.3 is 0 Å². The summed E-state index contributed by atoms with van der Waals surface area (Å²) in [4.78, 5) is 9.10. The lowest BCUT2D eigenvalue weighted by atomic mass is 10.0. The minimum Gasteiger partial charge on any atom is -0.330 e. The zero-order chi connectivity index (χ0) is 13.9. The van der Waals surface area contributed by atoms with E-state index in [2.05, 4.69) is 11.1 Å². The second-order valence-corrected chi connectivity index (χ2v) is 4.97. The van der Waals surface area contributed by atoms with Gasteiger partial charge < -0.3 is 5.73 Å². The Hall–Kier alpha value is -1.97. The molecule has 0 fully saturated rings. The van der Waals surface area contributed by atoms with Gasteiger partial charge in [-0.15, -0.1) is 0 Å². The van der Waals surface area contributed by atoms with Crippen LogP contribution in [0.3, 0.4) is 0 Å². The molecule has 0 aliphatic rings. The van der Waals surface area contributed by atoms with Gasteiger partial charge in [0.15, 0.2) is 0 Å². The van der Waals surface area contributed by atoms with E-state index in [-0.39, 0.29) is 0 Å². The lowest BCUT2D eigenvalue weighted by Crippen LogP contribution is -2.05. The summed E-state index contributed by atoms with van der Waals surface area (Å²) in [5, 5.41) is 1.68. The summed E-state index contributed by atoms with van der Waals surface area (Å²) in [6, 6.07) is 13.7. The summed E-state index contributed by atoms with van der Waals surface area (Å²) in [7, 11) is 0. The van der Waals surface area contributed by atoms with Crippen molar-refractivity contribution in [1.82, 2.24) is 9.97 Å². The monoisotopic (exact) mass is 283 g/mol. The summed E-state index contributed by atoms with van der Waals surface area (Å²) in [6.45, 7) is 0.577. The van der Waals surface area contributed by atoms with Gasteiger partial charge in [0.05, 0.1) is 21.9 Å². The lowest BCUT2D eigenvalue weighted by molar-refractivity contribution is 0.964. The van der Waals surface area contributed by atoms with E-state index in [0.717, 1.165) is 34.3 Å². The number of rotatable bonds is 3. The van der Waals surface area contributed by atoms with Crippen LogP contribution in [0.5, 0.6) is 0 Å². The maximum absolute atomic E-state index is 6.24. The first-order chi connectivity index (χ1) is 9.79. The molecule has 3 aromatic rings. The minimum atomic E-state index is 0.577. The number of pyridine rings is 2. The van der Waals surface area contributed by atoms with Crippen molar-refractivity contribution in [2.45, 2.75) is 6.42 Å². The van der Waals surface area contributed by atoms with Gasteiger partial charge in [-0.2, -0.15) is 0 Å². The highest BCUT2D eigenvalue weighted by atomic mass is 35.5. The molecule has 0 atom stereocenters. The van der Waals surface area contributed by atoms with Crippen LogP contribution in [0.4, 0.5) is 0 Å². The number of halogens is 1. The Morgan fingerprint density at radius 2 is 2.00 bits per heavy atom. The Morgan fingerprint density at radius 3 is 2.75 bits per heavy atom. The molecule has 2 heterocycles. The van der Waals surface area contributed by atoms with E-state index in [1.807, 2.05) is 36.4 Å². The Morgan fingerprint density at radius 1 is 1.10 bits per heavy atom. The predicted octanol–water partition coefficient (Wildman–Crippen LogP) is 3.45. The van der Waals surface area contributed by atoms with Crippen molar-refractivity contribution >= 4 is 22.5 Å². The first-order valence-corrected chi connectivity index (χ1v) is 6.87. The van der Waals surface area contributed by atoms with Crippen molar-refractivity contribution in [3.63, 3.8) is 0 Å². The SMILES string of the molecule is NCCc1cc2cccc(Cl)c2nc1-c1ccccn1. The topological polar surface area (TPSA) is 51.8 Å². The summed E-state index contributed by atoms with van der Waals surface area (Å²) in [6.07, 6.45) is 2.53. The van der Waals surface area contributed by atoms with Crippen LogP contribution in [0.2, 0.25) is 5.02 Å². The molecule has 1 aromatic carbocycles. The second kappa shape index (κ2) is 5.57. The summed E-state index contributed by atoms with van der Waals surface area (Å²) < 4.78 is 0. The molecule has 3 rings (SSSR count). The van der Waals surface area contributed by atoms with Crippen LogP contribution < -0.4 is 5.73 Å². The van der Waals surface area contributed by atoms with Crippen LogP contribution in [0.25, 0.3) is 22.3 Å². The van der Waals surface area contributed by atoms with Crippen molar-refractivity contribution < 1.29 is 0 Å². The number of hydrogen-bond donors (Lipinski definition) is 1. The van der Waals surface area contributed by atoms with Gasteiger partial charge in [0.1, 0.15) is 0 Å². The van der Waals surface area contributed by atoms with E-state index in [1.54, 1.807) is 6.20 Å². The molecule has 0 saturated carbocycles. The molecule has 0 aliphatic carbocycles. The van der Waals surface area contributed by atoms with Crippen LogP contribution >= 0.6 is 11.6 Å². The third-order valence-corrected chi connectivity index (χ3v) is 3.50. The zero-order valence-corrected chi connectivity index (χ0v) is 11.6. The van der Waals surface area contributed by atoms with Gasteiger partial charge in [-0.05, 0) is 42.8 Å². The zero-order valence-electron chi connectivity index (χ0n) is 10.9. The normalized spacial score (nSPS) is 10.9. The average Bonchev–Trinajstić information content (AvgIpc) is 2.48. The molecule has 0 amide bonds. The van der Waals surface area contributed by atoms with E-state index in [4.69, 9.17) is 22.3 Å². The average molecular weight is 284 g/mol. The van der Waals surface area contributed by atoms with Crippen LogP contribution in [0.1, 0.15) is 5.56 Å². The molecule has 0 spiro atoms. The van der Waals surface area contributed by atoms with Crippen molar-refractivity contribution in [2.75, 3.05) is 6.54 Å². The van der Waals surface area contributed by atoms with Gasteiger partial charge in [-0.25, -0.2) is 4.98 Å². The highest BCUT2D eigenvalue weighted by Gasteiger charge is 2.11. The van der Waals surface area contributed by atoms with E-state index in [9.17, 15) is 0 Å². The Balaban J connectivity index is 2.28. The fraction of sp³-hybridized carbons (Fsp3) is 0.125. The molecular weight excluding hydrogens is 270 g/mol. The summed E-state index contributed by atoms with van der Waals surface area (Å²) in [5.41, 5.74) is 9.31. The standard InChI is InChI=1S/C16H14ClN3/c17-13-5-3-4-11-10-12(7-8-18)16(20-15(11)13)14-6-1-2-9-19-14/h1-6,9-10H,7-8,18H2. The van der Waals surface area contributed by atoms with Crippen LogP contribution in [0, 0.1) is 0 Å². The van der Waals surface area contributed by atoms with Crippen molar-refractivity contribution in [1.29, 1.82) is 0 Å². The van der Waals surface area contributed by atoms with E-state index in [1.165, 1.54) is 0 Å². The minimum absolute atomic E-state index is 0.577. The van der Waals surface area contributed by atoms with Gasteiger partial charge in [0.2, 0.25) is 0 Å². The van der Waals surface area contributed by atoms with Crippen molar-refractivity contribution in [3.8, 4) is 11.4 Å². The molecule has 3 nitrogen and oxygen atoms in total. The number of benzene rings is 1. The molecule has 2 N–H and O–H groups in total. The third-order valence-electron chi connectivity index (χ3n) is 3.20. The van der Waals surface area contributed by atoms with Gasteiger partial charge in [-0.3, -0.25) is 4.98 Å². The maximum atomic E-state index is 6.24. The molecule has 0 bridgehead atoms. The smallest absolute Gasteiger partial charge is 0.0926 e. The number of nitrogens with two attached hydrogens (primary N) is 1. The lowest BCUT2D eigenvalue weighted by Gasteiger charge is -2.10. The molecule has 100 valence electrons. The molecule has 0 unspecified atom stereocenters. The molecule has 0 radical (unpaired) electrons. The fourth-order valence-electron chi connectivity index (χ4n) is 2.28. The van der Waals surface area contributed by atoms with Crippen molar-refractivity contribution in [2.24, 2.45) is 5.73 Å². The predicted molar refractivity (Wildman–Crippen MR) is 82.7 cm³/mol. The molecule has 20 heavy (non-hydrogen) atoms. The molecule has 2 aromatic heterocycles. The van der Waals surface area contributed by atoms with Gasteiger partial charge in [0, 0.05) is 11.6 Å². The molecular formula is C16H14ClN3. The highest BCUT2D eigenvalue weighted by Crippen LogP contribution is 2.28. The second-order valence-electron chi connectivity index (χ2n) is 4.56. The summed E-state index contributed by atoms with van der Waals surface area (Å²) >= 11 is 6.24. The Bertz CT molecular complexity index is 741. The van der Waals surface area contributed by atoms with E-state index < -0.39 is 0 Å². The highest BCUT2D eigenvalue weighted by molar-refractivity contribution is 6.35. The van der Waals surface area contributed by atoms with Crippen LogP contribution in [-0.4, -0.2) is 16.5 Å². The quantitative estimate of drug-likeness (QED) is 0.801. The molecule has 0 saturated heterocycles. The van der Waals surface area contributed by atoms with E-state index in [0.29, 0.717) is 11.6 Å². The van der Waals surface area contributed by atoms with Crippen LogP contribution in [-0.2, 0) is 6.42 Å². The Labute approximate surface area is 122 Å². The summed E-state index contributed by atoms with van der Waals surface area (Å²) in [5.74, 6) is 0. The van der Waals surface area contributed by atoms with E-state index >= 15 is 0 Å². The molecule has 0 aliphatic heterocycles. The maximum Gasteiger partial charge on any atom is 0.0926 e. The molecule has 4 heteroatoms. The number of para-hydroxylation sites is 1. The largest absolute Gasteiger partial charge is 0.330 e. The number of aromatic nitrogens is 2. The number of nitrogens with zero attached hydrogens (tertiary/aromatic N) is 2. The Kier molecular flexibility index (Phi) is 3.63. The third kappa shape index (κ3) is 2.38.